The molecule has 40 valence electrons. The van der Waals surface area contributed by atoms with Crippen molar-refractivity contribution in [3.63, 3.8) is 0 Å². The molecule has 1 amide bonds. The lowest BCUT2D eigenvalue weighted by Gasteiger charge is -1.89. The summed E-state index contributed by atoms with van der Waals surface area (Å²) < 4.78 is 0. The van der Waals surface area contributed by atoms with Crippen LogP contribution in [-0.4, -0.2) is 11.9 Å². The third-order valence-electron chi connectivity index (χ3n) is 0.479. The standard InChI is InChI=1S/C3H6N2O2/c1-2(4)3(6)5-7/h2H,4H2,1H3/t2-/m0/s1. The number of nitroso groups, excluding NO2 is 1. The number of rotatable bonds is 1. The van der Waals surface area contributed by atoms with Crippen molar-refractivity contribution in [2.24, 2.45) is 10.9 Å². The van der Waals surface area contributed by atoms with Crippen molar-refractivity contribution in [1.82, 2.24) is 0 Å². The summed E-state index contributed by atoms with van der Waals surface area (Å²) in [5, 5.41) is 2.07. The van der Waals surface area contributed by atoms with E-state index in [9.17, 15) is 9.70 Å². The van der Waals surface area contributed by atoms with Crippen LogP contribution >= 0.6 is 0 Å². The zero-order valence-electron chi connectivity index (χ0n) is 3.92. The highest BCUT2D eigenvalue weighted by atomic mass is 16.3. The molecule has 0 spiro atoms. The molecule has 0 aromatic heterocycles. The van der Waals surface area contributed by atoms with E-state index in [-0.39, 0.29) is 0 Å². The Labute approximate surface area is 40.7 Å². The molecule has 0 heterocycles. The Hall–Kier alpha value is -0.770. The van der Waals surface area contributed by atoms with Gasteiger partial charge in [0.05, 0.1) is 6.04 Å². The van der Waals surface area contributed by atoms with Gasteiger partial charge in [-0.05, 0) is 6.92 Å². The van der Waals surface area contributed by atoms with Gasteiger partial charge in [-0.25, -0.2) is 0 Å². The van der Waals surface area contributed by atoms with E-state index in [1.807, 2.05) is 0 Å². The van der Waals surface area contributed by atoms with E-state index in [0.717, 1.165) is 0 Å². The minimum atomic E-state index is -0.806. The topological polar surface area (TPSA) is 72.5 Å². The Bertz CT molecular complexity index is 88.9. The minimum absolute atomic E-state index is 0.752. The molecule has 0 unspecified atom stereocenters. The summed E-state index contributed by atoms with van der Waals surface area (Å²) in [7, 11) is 0. The summed E-state index contributed by atoms with van der Waals surface area (Å²) in [6.07, 6.45) is 0. The zero-order chi connectivity index (χ0) is 5.86. The Balaban J connectivity index is 3.56. The van der Waals surface area contributed by atoms with Crippen molar-refractivity contribution in [3.05, 3.63) is 4.91 Å². The zero-order valence-corrected chi connectivity index (χ0v) is 3.92. The number of hydrogen-bond donors (Lipinski definition) is 1. The molecule has 0 fully saturated rings. The largest absolute Gasteiger partial charge is 0.320 e. The van der Waals surface area contributed by atoms with Crippen molar-refractivity contribution >= 4 is 5.91 Å². The molecule has 0 rings (SSSR count). The van der Waals surface area contributed by atoms with Gasteiger partial charge in [-0.2, -0.15) is 0 Å². The third-order valence-corrected chi connectivity index (χ3v) is 0.479. The number of amides is 1. The second-order valence-corrected chi connectivity index (χ2v) is 1.22. The van der Waals surface area contributed by atoms with Crippen LogP contribution in [0, 0.1) is 4.91 Å². The predicted molar refractivity (Wildman–Crippen MR) is 24.5 cm³/mol. The van der Waals surface area contributed by atoms with Crippen LogP contribution in [0.25, 0.3) is 0 Å². The fourth-order valence-electron chi connectivity index (χ4n) is 0.0831. The molecule has 0 aromatic rings. The van der Waals surface area contributed by atoms with Crippen molar-refractivity contribution in [3.8, 4) is 0 Å². The summed E-state index contributed by atoms with van der Waals surface area (Å²) in [4.78, 5) is 19.2. The number of nitrogens with zero attached hydrogens (tertiary/aromatic N) is 1. The van der Waals surface area contributed by atoms with Crippen LogP contribution in [-0.2, 0) is 4.79 Å². The van der Waals surface area contributed by atoms with E-state index in [1.165, 1.54) is 6.92 Å². The molecule has 0 saturated carbocycles. The SMILES string of the molecule is C[C@H](N)C(=O)N=O. The first-order chi connectivity index (χ1) is 3.18. The van der Waals surface area contributed by atoms with E-state index >= 15 is 0 Å². The van der Waals surface area contributed by atoms with Gasteiger partial charge >= 0.3 is 5.91 Å². The molecule has 0 aliphatic rings. The lowest BCUT2D eigenvalue weighted by Crippen LogP contribution is -2.24. The summed E-state index contributed by atoms with van der Waals surface area (Å²) >= 11 is 0. The van der Waals surface area contributed by atoms with Gasteiger partial charge in [0.15, 0.2) is 0 Å². The van der Waals surface area contributed by atoms with Gasteiger partial charge < -0.3 is 5.73 Å². The Morgan fingerprint density at radius 3 is 2.29 bits per heavy atom. The monoisotopic (exact) mass is 102 g/mol. The van der Waals surface area contributed by atoms with Crippen LogP contribution in [0.15, 0.2) is 5.18 Å². The molecule has 4 heteroatoms. The van der Waals surface area contributed by atoms with E-state index in [1.54, 1.807) is 0 Å². The smallest absolute Gasteiger partial charge is 0.302 e. The maximum Gasteiger partial charge on any atom is 0.302 e. The molecule has 7 heavy (non-hydrogen) atoms. The average molecular weight is 102 g/mol. The Kier molecular flexibility index (Phi) is 2.15. The second-order valence-electron chi connectivity index (χ2n) is 1.22. The van der Waals surface area contributed by atoms with E-state index in [2.05, 4.69) is 5.18 Å². The highest BCUT2D eigenvalue weighted by molar-refractivity contribution is 5.81. The molecule has 0 aliphatic carbocycles. The molecule has 0 saturated heterocycles. The fourth-order valence-corrected chi connectivity index (χ4v) is 0.0831. The van der Waals surface area contributed by atoms with Crippen LogP contribution in [0.5, 0.6) is 0 Å². The van der Waals surface area contributed by atoms with Crippen molar-refractivity contribution in [1.29, 1.82) is 0 Å². The van der Waals surface area contributed by atoms with Crippen molar-refractivity contribution in [2.45, 2.75) is 13.0 Å². The first-order valence-electron chi connectivity index (χ1n) is 1.81. The highest BCUT2D eigenvalue weighted by Gasteiger charge is 2.04. The first-order valence-corrected chi connectivity index (χ1v) is 1.81. The van der Waals surface area contributed by atoms with E-state index in [0.29, 0.717) is 0 Å². The summed E-state index contributed by atoms with van der Waals surface area (Å²) in [5.74, 6) is -0.806. The molecule has 0 aliphatic heterocycles. The molecule has 0 aromatic carbocycles. The summed E-state index contributed by atoms with van der Waals surface area (Å²) in [6, 6.07) is -0.752. The molecular weight excluding hydrogens is 96.0 g/mol. The Morgan fingerprint density at radius 1 is 1.86 bits per heavy atom. The van der Waals surface area contributed by atoms with Crippen LogP contribution in [0.4, 0.5) is 0 Å². The van der Waals surface area contributed by atoms with Crippen LogP contribution < -0.4 is 5.73 Å². The molecule has 4 nitrogen and oxygen atoms in total. The lowest BCUT2D eigenvalue weighted by molar-refractivity contribution is -0.118. The van der Waals surface area contributed by atoms with Gasteiger partial charge in [0.1, 0.15) is 0 Å². The van der Waals surface area contributed by atoms with Gasteiger partial charge in [0.2, 0.25) is 0 Å². The van der Waals surface area contributed by atoms with Gasteiger partial charge in [-0.1, -0.05) is 0 Å². The first kappa shape index (κ1) is 6.23. The van der Waals surface area contributed by atoms with Gasteiger partial charge in [0, 0.05) is 5.18 Å². The van der Waals surface area contributed by atoms with Crippen molar-refractivity contribution in [2.75, 3.05) is 0 Å². The van der Waals surface area contributed by atoms with Crippen molar-refractivity contribution < 1.29 is 4.79 Å². The molecule has 1 atom stereocenters. The van der Waals surface area contributed by atoms with Crippen LogP contribution in [0.1, 0.15) is 6.92 Å². The molecule has 2 N–H and O–H groups in total. The van der Waals surface area contributed by atoms with Gasteiger partial charge in [-0.15, -0.1) is 4.91 Å². The van der Waals surface area contributed by atoms with E-state index in [4.69, 9.17) is 5.73 Å². The quantitative estimate of drug-likeness (QED) is 0.459. The molecular formula is C3H6N2O2. The predicted octanol–water partition coefficient (Wildman–Crippen LogP) is -0.373. The summed E-state index contributed by atoms with van der Waals surface area (Å²) in [5.41, 5.74) is 4.90. The maximum absolute atomic E-state index is 9.91. The second kappa shape index (κ2) is 2.41. The molecule has 0 radical (unpaired) electrons. The van der Waals surface area contributed by atoms with E-state index < -0.39 is 11.9 Å². The number of carbonyl (C=O) groups is 1. The molecule has 0 bridgehead atoms. The highest BCUT2D eigenvalue weighted by Crippen LogP contribution is 1.77. The average Bonchev–Trinajstić information content (AvgIpc) is 1.65. The number of nitrogens with two attached hydrogens (primary N) is 1. The fraction of sp³-hybridized carbons (Fsp3) is 0.667. The number of hydrogen-bond acceptors (Lipinski definition) is 3. The van der Waals surface area contributed by atoms with Gasteiger partial charge in [0.25, 0.3) is 0 Å². The maximum atomic E-state index is 9.91. The minimum Gasteiger partial charge on any atom is -0.320 e. The van der Waals surface area contributed by atoms with Gasteiger partial charge in [-0.3, -0.25) is 4.79 Å². The number of carbonyl (C=O) groups excluding carboxylic acids is 1. The van der Waals surface area contributed by atoms with Crippen LogP contribution in [0.2, 0.25) is 0 Å². The Morgan fingerprint density at radius 2 is 2.29 bits per heavy atom. The normalized spacial score (nSPS) is 12.9. The lowest BCUT2D eigenvalue weighted by atomic mass is 10.4. The third kappa shape index (κ3) is 1.99. The summed E-state index contributed by atoms with van der Waals surface area (Å²) in [6.45, 7) is 1.41. The van der Waals surface area contributed by atoms with Crippen LogP contribution in [0.3, 0.4) is 0 Å².